The normalized spacial score (nSPS) is 17.4. The lowest BCUT2D eigenvalue weighted by atomic mass is 9.99. The van der Waals surface area contributed by atoms with Crippen LogP contribution in [0.1, 0.15) is 54.4 Å². The van der Waals surface area contributed by atoms with Gasteiger partial charge in [-0.2, -0.15) is 0 Å². The predicted molar refractivity (Wildman–Crippen MR) is 115 cm³/mol. The molecule has 0 N–H and O–H groups in total. The zero-order chi connectivity index (χ0) is 21.2. The number of sulfone groups is 1. The number of carbonyl (C=O) groups is 1. The lowest BCUT2D eigenvalue weighted by Crippen LogP contribution is -2.43. The van der Waals surface area contributed by atoms with Crippen molar-refractivity contribution in [3.8, 4) is 0 Å². The number of rotatable bonds is 5. The molecule has 8 heteroatoms. The molecule has 0 aliphatic carbocycles. The molecule has 1 unspecified atom stereocenters. The summed E-state index contributed by atoms with van der Waals surface area (Å²) in [6.45, 7) is 4.54. The molecule has 1 atom stereocenters. The van der Waals surface area contributed by atoms with Gasteiger partial charge in [0.25, 0.3) is 5.91 Å². The van der Waals surface area contributed by atoms with Crippen LogP contribution < -0.4 is 0 Å². The van der Waals surface area contributed by atoms with E-state index in [0.717, 1.165) is 25.7 Å². The zero-order valence-electron chi connectivity index (χ0n) is 16.5. The summed E-state index contributed by atoms with van der Waals surface area (Å²) < 4.78 is 25.8. The van der Waals surface area contributed by atoms with Crippen molar-refractivity contribution in [3.63, 3.8) is 0 Å². The van der Waals surface area contributed by atoms with Crippen molar-refractivity contribution in [1.82, 2.24) is 9.88 Å². The highest BCUT2D eigenvalue weighted by Crippen LogP contribution is 2.30. The number of piperidine rings is 1. The van der Waals surface area contributed by atoms with Crippen LogP contribution in [0, 0.1) is 6.92 Å². The smallest absolute Gasteiger partial charge is 0.272 e. The number of halogens is 2. The van der Waals surface area contributed by atoms with Gasteiger partial charge in [0.05, 0.1) is 21.4 Å². The summed E-state index contributed by atoms with van der Waals surface area (Å²) in [5.74, 6) is -0.503. The molecule has 1 aromatic heterocycles. The molecule has 1 amide bonds. The van der Waals surface area contributed by atoms with E-state index in [1.54, 1.807) is 25.1 Å². The Kier molecular flexibility index (Phi) is 6.87. The highest BCUT2D eigenvalue weighted by atomic mass is 35.5. The SMILES string of the molecule is CCC1CCCCN1C(=O)c1cccc(CS(=O)(=O)c2cc(Cl)c(C)cc2Cl)n1. The van der Waals surface area contributed by atoms with E-state index in [0.29, 0.717) is 22.8 Å². The first-order chi connectivity index (χ1) is 13.7. The van der Waals surface area contributed by atoms with Crippen LogP contribution in [0.2, 0.25) is 10.0 Å². The molecule has 0 saturated carbocycles. The number of amides is 1. The molecule has 0 radical (unpaired) electrons. The van der Waals surface area contributed by atoms with Gasteiger partial charge in [0, 0.05) is 17.6 Å². The minimum Gasteiger partial charge on any atom is -0.334 e. The Hall–Kier alpha value is -1.63. The number of aromatic nitrogens is 1. The van der Waals surface area contributed by atoms with Gasteiger partial charge in [-0.1, -0.05) is 36.2 Å². The molecule has 1 aliphatic heterocycles. The van der Waals surface area contributed by atoms with Gasteiger partial charge in [-0.05, 0) is 62.4 Å². The molecule has 29 heavy (non-hydrogen) atoms. The van der Waals surface area contributed by atoms with Gasteiger partial charge in [-0.15, -0.1) is 0 Å². The number of pyridine rings is 1. The minimum absolute atomic E-state index is 0.0321. The van der Waals surface area contributed by atoms with Crippen LogP contribution in [0.4, 0.5) is 0 Å². The van der Waals surface area contributed by atoms with E-state index in [1.807, 2.05) is 4.90 Å². The maximum Gasteiger partial charge on any atom is 0.272 e. The Morgan fingerprint density at radius 2 is 1.97 bits per heavy atom. The molecule has 3 rings (SSSR count). The molecular weight excluding hydrogens is 431 g/mol. The second kappa shape index (κ2) is 9.02. The Labute approximate surface area is 182 Å². The lowest BCUT2D eigenvalue weighted by Gasteiger charge is -2.35. The molecule has 1 fully saturated rings. The van der Waals surface area contributed by atoms with Crippen molar-refractivity contribution in [3.05, 3.63) is 57.3 Å². The molecule has 2 heterocycles. The lowest BCUT2D eigenvalue weighted by molar-refractivity contribution is 0.0601. The van der Waals surface area contributed by atoms with E-state index in [9.17, 15) is 13.2 Å². The number of hydrogen-bond acceptors (Lipinski definition) is 4. The molecule has 0 bridgehead atoms. The highest BCUT2D eigenvalue weighted by Gasteiger charge is 2.27. The third-order valence-electron chi connectivity index (χ3n) is 5.27. The quantitative estimate of drug-likeness (QED) is 0.631. The Bertz CT molecular complexity index is 1020. The Morgan fingerprint density at radius 3 is 2.69 bits per heavy atom. The van der Waals surface area contributed by atoms with Gasteiger partial charge in [0.1, 0.15) is 5.69 Å². The number of hydrogen-bond donors (Lipinski definition) is 0. The molecule has 0 spiro atoms. The van der Waals surface area contributed by atoms with Crippen molar-refractivity contribution in [2.24, 2.45) is 0 Å². The maximum absolute atomic E-state index is 13.0. The fourth-order valence-corrected chi connectivity index (χ4v) is 5.82. The molecule has 1 aromatic carbocycles. The fraction of sp³-hybridized carbons (Fsp3) is 0.429. The van der Waals surface area contributed by atoms with Gasteiger partial charge < -0.3 is 4.90 Å². The van der Waals surface area contributed by atoms with Crippen LogP contribution >= 0.6 is 23.2 Å². The van der Waals surface area contributed by atoms with Crippen molar-refractivity contribution >= 4 is 38.9 Å². The van der Waals surface area contributed by atoms with Crippen LogP contribution in [-0.4, -0.2) is 36.8 Å². The zero-order valence-corrected chi connectivity index (χ0v) is 18.8. The molecule has 156 valence electrons. The first-order valence-corrected chi connectivity index (χ1v) is 12.1. The molecule has 1 aliphatic rings. The van der Waals surface area contributed by atoms with Crippen LogP contribution in [0.5, 0.6) is 0 Å². The summed E-state index contributed by atoms with van der Waals surface area (Å²) in [5.41, 5.74) is 1.27. The van der Waals surface area contributed by atoms with E-state index in [-0.39, 0.29) is 33.3 Å². The van der Waals surface area contributed by atoms with Gasteiger partial charge in [-0.3, -0.25) is 4.79 Å². The summed E-state index contributed by atoms with van der Waals surface area (Å²) in [7, 11) is -3.77. The minimum atomic E-state index is -3.77. The topological polar surface area (TPSA) is 67.3 Å². The van der Waals surface area contributed by atoms with Gasteiger partial charge >= 0.3 is 0 Å². The predicted octanol–water partition coefficient (Wildman–Crippen LogP) is 5.08. The Morgan fingerprint density at radius 1 is 1.21 bits per heavy atom. The number of nitrogens with zero attached hydrogens (tertiary/aromatic N) is 2. The van der Waals surface area contributed by atoms with Crippen LogP contribution in [-0.2, 0) is 15.6 Å². The first kappa shape index (κ1) is 22.1. The third-order valence-corrected chi connectivity index (χ3v) is 7.79. The number of aryl methyl sites for hydroxylation is 1. The monoisotopic (exact) mass is 454 g/mol. The van der Waals surface area contributed by atoms with Crippen molar-refractivity contribution in [2.75, 3.05) is 6.54 Å². The first-order valence-electron chi connectivity index (χ1n) is 9.68. The van der Waals surface area contributed by atoms with Gasteiger partial charge in [0.2, 0.25) is 0 Å². The van der Waals surface area contributed by atoms with Crippen LogP contribution in [0.15, 0.2) is 35.2 Å². The Balaban J connectivity index is 1.86. The fourth-order valence-electron chi connectivity index (χ4n) is 3.66. The second-order valence-electron chi connectivity index (χ2n) is 7.36. The van der Waals surface area contributed by atoms with Gasteiger partial charge in [-0.25, -0.2) is 13.4 Å². The summed E-state index contributed by atoms with van der Waals surface area (Å²) in [6, 6.07) is 8.01. The standard InChI is InChI=1S/C21H24Cl2N2O3S/c1-3-16-8-4-5-10-25(16)21(26)19-9-6-7-15(24-19)13-29(27,28)20-12-17(22)14(2)11-18(20)23/h6-7,9,11-12,16H,3-5,8,10,13H2,1-2H3. The van der Waals surface area contributed by atoms with Crippen LogP contribution in [0.3, 0.4) is 0 Å². The number of benzene rings is 1. The summed E-state index contributed by atoms with van der Waals surface area (Å²) >= 11 is 12.2. The summed E-state index contributed by atoms with van der Waals surface area (Å²) in [5, 5.41) is 0.457. The average molecular weight is 455 g/mol. The average Bonchev–Trinajstić information content (AvgIpc) is 2.69. The van der Waals surface area contributed by atoms with Crippen molar-refractivity contribution in [2.45, 2.75) is 56.2 Å². The third kappa shape index (κ3) is 4.93. The molecule has 5 nitrogen and oxygen atoms in total. The molecule has 1 saturated heterocycles. The van der Waals surface area contributed by atoms with E-state index in [1.165, 1.54) is 12.1 Å². The van der Waals surface area contributed by atoms with Crippen molar-refractivity contribution < 1.29 is 13.2 Å². The van der Waals surface area contributed by atoms with Gasteiger partial charge in [0.15, 0.2) is 9.84 Å². The molecule has 2 aromatic rings. The van der Waals surface area contributed by atoms with E-state index in [2.05, 4.69) is 11.9 Å². The number of likely N-dealkylation sites (tertiary alicyclic amines) is 1. The summed E-state index contributed by atoms with van der Waals surface area (Å²) in [6.07, 6.45) is 3.98. The second-order valence-corrected chi connectivity index (χ2v) is 10.1. The molecular formula is C21H24Cl2N2O3S. The van der Waals surface area contributed by atoms with E-state index in [4.69, 9.17) is 23.2 Å². The summed E-state index contributed by atoms with van der Waals surface area (Å²) in [4.78, 5) is 19.1. The van der Waals surface area contributed by atoms with E-state index < -0.39 is 9.84 Å². The highest BCUT2D eigenvalue weighted by molar-refractivity contribution is 7.90. The van der Waals surface area contributed by atoms with E-state index >= 15 is 0 Å². The largest absolute Gasteiger partial charge is 0.334 e. The maximum atomic E-state index is 13.0. The van der Waals surface area contributed by atoms with Crippen molar-refractivity contribution in [1.29, 1.82) is 0 Å². The number of carbonyl (C=O) groups excluding carboxylic acids is 1. The van der Waals surface area contributed by atoms with Crippen LogP contribution in [0.25, 0.3) is 0 Å².